The number of carboxylic acid groups (broad SMARTS) is 1. The van der Waals surface area contributed by atoms with Crippen molar-refractivity contribution in [1.82, 2.24) is 9.88 Å². The number of carbonyl (C=O) groups is 1. The monoisotopic (exact) mass is 354 g/mol. The van der Waals surface area contributed by atoms with Gasteiger partial charge in [0.25, 0.3) is 0 Å². The second-order valence-corrected chi connectivity index (χ2v) is 7.88. The molecule has 2 aliphatic rings. The maximum atomic E-state index is 12.0. The van der Waals surface area contributed by atoms with Gasteiger partial charge in [-0.05, 0) is 43.9 Å². The van der Waals surface area contributed by atoms with Gasteiger partial charge in [-0.3, -0.25) is 9.69 Å². The molecule has 0 amide bonds. The number of nitrogens with zero attached hydrogens (tertiary/aromatic N) is 2. The van der Waals surface area contributed by atoms with E-state index in [1.165, 1.54) is 12.8 Å². The summed E-state index contributed by atoms with van der Waals surface area (Å²) in [6.07, 6.45) is 4.96. The minimum Gasteiger partial charge on any atom is -0.494 e. The molecule has 1 aliphatic carbocycles. The fraction of sp³-hybridized carbons (Fsp3) is 0.524. The molecule has 4 rings (SSSR count). The van der Waals surface area contributed by atoms with Gasteiger partial charge in [-0.2, -0.15) is 0 Å². The van der Waals surface area contributed by atoms with E-state index in [2.05, 4.69) is 11.0 Å². The standard InChI is InChI=1S/C21H26N2O3/c1-26-18-5-2-4-16-8-9-17(22-19(16)18)13-23-11-3-10-21(14-23,20(24)25)12-15-6-7-15/h2,4-5,8-9,15H,3,6-7,10-14H2,1H3,(H,24,25)/t21-/m1/s1. The van der Waals surface area contributed by atoms with Crippen molar-refractivity contribution < 1.29 is 14.6 Å². The average Bonchev–Trinajstić information content (AvgIpc) is 3.45. The molecule has 1 aromatic carbocycles. The van der Waals surface area contributed by atoms with Gasteiger partial charge in [0.2, 0.25) is 0 Å². The van der Waals surface area contributed by atoms with Gasteiger partial charge in [-0.15, -0.1) is 0 Å². The van der Waals surface area contributed by atoms with Gasteiger partial charge in [0.05, 0.1) is 18.2 Å². The Hall–Kier alpha value is -2.14. The van der Waals surface area contributed by atoms with Crippen LogP contribution in [0.3, 0.4) is 0 Å². The van der Waals surface area contributed by atoms with E-state index >= 15 is 0 Å². The second-order valence-electron chi connectivity index (χ2n) is 7.88. The van der Waals surface area contributed by atoms with Crippen molar-refractivity contribution in [2.45, 2.75) is 38.6 Å². The molecule has 0 unspecified atom stereocenters. The van der Waals surface area contributed by atoms with Crippen LogP contribution < -0.4 is 4.74 Å². The van der Waals surface area contributed by atoms with Gasteiger partial charge >= 0.3 is 5.97 Å². The first kappa shape index (κ1) is 17.3. The Morgan fingerprint density at radius 3 is 2.92 bits per heavy atom. The summed E-state index contributed by atoms with van der Waals surface area (Å²) in [4.78, 5) is 19.1. The van der Waals surface area contributed by atoms with Crippen molar-refractivity contribution in [3.05, 3.63) is 36.0 Å². The number of likely N-dealkylation sites (tertiary alicyclic amines) is 1. The summed E-state index contributed by atoms with van der Waals surface area (Å²) >= 11 is 0. The third-order valence-corrected chi connectivity index (χ3v) is 5.83. The summed E-state index contributed by atoms with van der Waals surface area (Å²) < 4.78 is 5.43. The van der Waals surface area contributed by atoms with E-state index in [1.54, 1.807) is 7.11 Å². The number of rotatable bonds is 6. The van der Waals surface area contributed by atoms with Crippen molar-refractivity contribution in [3.63, 3.8) is 0 Å². The third kappa shape index (κ3) is 3.40. The second kappa shape index (κ2) is 6.88. The Morgan fingerprint density at radius 2 is 2.19 bits per heavy atom. The van der Waals surface area contributed by atoms with Crippen LogP contribution >= 0.6 is 0 Å². The van der Waals surface area contributed by atoms with Crippen LogP contribution in [0.1, 0.15) is 37.8 Å². The van der Waals surface area contributed by atoms with Crippen molar-refractivity contribution in [2.24, 2.45) is 11.3 Å². The number of hydrogen-bond donors (Lipinski definition) is 1. The maximum absolute atomic E-state index is 12.0. The number of piperidine rings is 1. The van der Waals surface area contributed by atoms with Gasteiger partial charge in [0.15, 0.2) is 0 Å². The molecule has 1 aliphatic heterocycles. The predicted molar refractivity (Wildman–Crippen MR) is 100 cm³/mol. The van der Waals surface area contributed by atoms with Crippen LogP contribution in [0, 0.1) is 11.3 Å². The van der Waals surface area contributed by atoms with E-state index in [9.17, 15) is 9.90 Å². The molecule has 1 N–H and O–H groups in total. The number of pyridine rings is 1. The highest BCUT2D eigenvalue weighted by molar-refractivity contribution is 5.84. The molecule has 0 radical (unpaired) electrons. The summed E-state index contributed by atoms with van der Waals surface area (Å²) in [6, 6.07) is 10.0. The van der Waals surface area contributed by atoms with E-state index in [0.29, 0.717) is 19.0 Å². The van der Waals surface area contributed by atoms with Crippen LogP contribution in [0.4, 0.5) is 0 Å². The first-order valence-electron chi connectivity index (χ1n) is 9.48. The fourth-order valence-electron chi connectivity index (χ4n) is 4.31. The number of carboxylic acids is 1. The minimum absolute atomic E-state index is 0.575. The first-order chi connectivity index (χ1) is 12.6. The van der Waals surface area contributed by atoms with Crippen molar-refractivity contribution in [1.29, 1.82) is 0 Å². The number of hydrogen-bond acceptors (Lipinski definition) is 4. The lowest BCUT2D eigenvalue weighted by molar-refractivity contribution is -0.153. The molecule has 2 fully saturated rings. The van der Waals surface area contributed by atoms with Crippen LogP contribution in [-0.4, -0.2) is 41.2 Å². The molecule has 5 heteroatoms. The normalized spacial score (nSPS) is 23.9. The molecule has 2 heterocycles. The fourth-order valence-corrected chi connectivity index (χ4v) is 4.31. The van der Waals surface area contributed by atoms with Gasteiger partial charge in [-0.1, -0.05) is 31.0 Å². The molecule has 0 spiro atoms. The largest absolute Gasteiger partial charge is 0.494 e. The topological polar surface area (TPSA) is 62.7 Å². The highest BCUT2D eigenvalue weighted by atomic mass is 16.5. The Bertz CT molecular complexity index is 818. The highest BCUT2D eigenvalue weighted by Gasteiger charge is 2.45. The maximum Gasteiger partial charge on any atom is 0.310 e. The Labute approximate surface area is 154 Å². The highest BCUT2D eigenvalue weighted by Crippen LogP contribution is 2.45. The summed E-state index contributed by atoms with van der Waals surface area (Å²) in [6.45, 7) is 2.25. The van der Waals surface area contributed by atoms with Crippen LogP contribution in [0.5, 0.6) is 5.75 Å². The molecule has 0 bridgehead atoms. The zero-order valence-electron chi connectivity index (χ0n) is 15.3. The van der Waals surface area contributed by atoms with Crippen molar-refractivity contribution in [3.8, 4) is 5.75 Å². The lowest BCUT2D eigenvalue weighted by Gasteiger charge is -2.40. The van der Waals surface area contributed by atoms with E-state index < -0.39 is 11.4 Å². The molecular formula is C21H26N2O3. The quantitative estimate of drug-likeness (QED) is 0.857. The van der Waals surface area contributed by atoms with E-state index in [4.69, 9.17) is 9.72 Å². The van der Waals surface area contributed by atoms with Crippen molar-refractivity contribution >= 4 is 16.9 Å². The summed E-state index contributed by atoms with van der Waals surface area (Å²) in [5, 5.41) is 11.0. The SMILES string of the molecule is COc1cccc2ccc(CN3CCC[C@](CC4CC4)(C(=O)O)C3)nc12. The average molecular weight is 354 g/mol. The van der Waals surface area contributed by atoms with E-state index in [0.717, 1.165) is 48.2 Å². The number of fused-ring (bicyclic) bond motifs is 1. The number of benzene rings is 1. The Balaban J connectivity index is 1.54. The summed E-state index contributed by atoms with van der Waals surface area (Å²) in [7, 11) is 1.66. The number of para-hydroxylation sites is 1. The third-order valence-electron chi connectivity index (χ3n) is 5.83. The Morgan fingerprint density at radius 1 is 1.35 bits per heavy atom. The van der Waals surface area contributed by atoms with Crippen LogP contribution in [-0.2, 0) is 11.3 Å². The number of methoxy groups -OCH3 is 1. The number of aliphatic carboxylic acids is 1. The lowest BCUT2D eigenvalue weighted by Crippen LogP contribution is -2.47. The van der Waals surface area contributed by atoms with Crippen molar-refractivity contribution in [2.75, 3.05) is 20.2 Å². The zero-order valence-corrected chi connectivity index (χ0v) is 15.3. The van der Waals surface area contributed by atoms with Gasteiger partial charge in [-0.25, -0.2) is 4.98 Å². The van der Waals surface area contributed by atoms with Crippen LogP contribution in [0.2, 0.25) is 0 Å². The molecule has 2 aromatic rings. The molecule has 5 nitrogen and oxygen atoms in total. The van der Waals surface area contributed by atoms with Gasteiger partial charge in [0.1, 0.15) is 11.3 Å². The molecule has 1 aromatic heterocycles. The van der Waals surface area contributed by atoms with Gasteiger partial charge < -0.3 is 9.84 Å². The van der Waals surface area contributed by atoms with E-state index in [1.807, 2.05) is 24.3 Å². The van der Waals surface area contributed by atoms with Crippen LogP contribution in [0.15, 0.2) is 30.3 Å². The summed E-state index contributed by atoms with van der Waals surface area (Å²) in [5.74, 6) is 0.771. The summed E-state index contributed by atoms with van der Waals surface area (Å²) in [5.41, 5.74) is 1.26. The number of aromatic nitrogens is 1. The zero-order chi connectivity index (χ0) is 18.1. The van der Waals surface area contributed by atoms with Gasteiger partial charge in [0, 0.05) is 18.5 Å². The molecule has 1 saturated carbocycles. The molecular weight excluding hydrogens is 328 g/mol. The molecule has 26 heavy (non-hydrogen) atoms. The van der Waals surface area contributed by atoms with E-state index in [-0.39, 0.29) is 0 Å². The van der Waals surface area contributed by atoms with Crippen LogP contribution in [0.25, 0.3) is 10.9 Å². The Kier molecular flexibility index (Phi) is 4.57. The predicted octanol–water partition coefficient (Wildman–Crippen LogP) is 3.71. The molecule has 1 atom stereocenters. The first-order valence-corrected chi connectivity index (χ1v) is 9.48. The number of ether oxygens (including phenoxy) is 1. The molecule has 1 saturated heterocycles. The smallest absolute Gasteiger partial charge is 0.310 e. The lowest BCUT2D eigenvalue weighted by atomic mass is 9.75. The molecule has 138 valence electrons. The minimum atomic E-state index is -0.623.